The molecule has 0 amide bonds. The summed E-state index contributed by atoms with van der Waals surface area (Å²) in [4.78, 5) is 0. The SMILES string of the molecule is CSN1CCC(S(C)(=O)=O)C1. The highest BCUT2D eigenvalue weighted by Gasteiger charge is 2.29. The van der Waals surface area contributed by atoms with Crippen LogP contribution in [0.3, 0.4) is 0 Å². The van der Waals surface area contributed by atoms with Crippen LogP contribution >= 0.6 is 11.9 Å². The number of sulfone groups is 1. The van der Waals surface area contributed by atoms with Crippen LogP contribution in [-0.4, -0.2) is 43.6 Å². The first-order valence-electron chi connectivity index (χ1n) is 3.52. The Bertz CT molecular complexity index is 225. The highest BCUT2D eigenvalue weighted by atomic mass is 32.2. The Morgan fingerprint density at radius 2 is 2.18 bits per heavy atom. The largest absolute Gasteiger partial charge is 0.250 e. The zero-order chi connectivity index (χ0) is 8.48. The summed E-state index contributed by atoms with van der Waals surface area (Å²) in [6.45, 7) is 1.60. The summed E-state index contributed by atoms with van der Waals surface area (Å²) in [6.07, 6.45) is 4.09. The van der Waals surface area contributed by atoms with Crippen LogP contribution in [0.1, 0.15) is 6.42 Å². The van der Waals surface area contributed by atoms with Crippen molar-refractivity contribution in [3.05, 3.63) is 0 Å². The van der Waals surface area contributed by atoms with E-state index in [1.807, 2.05) is 6.26 Å². The molecule has 0 aliphatic carbocycles. The second kappa shape index (κ2) is 3.33. The van der Waals surface area contributed by atoms with E-state index < -0.39 is 9.84 Å². The number of hydrogen-bond acceptors (Lipinski definition) is 4. The number of hydrogen-bond donors (Lipinski definition) is 0. The highest BCUT2D eigenvalue weighted by molar-refractivity contribution is 7.96. The van der Waals surface area contributed by atoms with E-state index in [9.17, 15) is 8.42 Å². The van der Waals surface area contributed by atoms with Crippen molar-refractivity contribution < 1.29 is 8.42 Å². The minimum absolute atomic E-state index is 0.130. The first-order chi connectivity index (χ1) is 5.04. The minimum Gasteiger partial charge on any atom is -0.250 e. The van der Waals surface area contributed by atoms with Gasteiger partial charge in [-0.1, -0.05) is 11.9 Å². The molecular formula is C6H13NO2S2. The third-order valence-electron chi connectivity index (χ3n) is 1.97. The van der Waals surface area contributed by atoms with Crippen molar-refractivity contribution in [2.45, 2.75) is 11.7 Å². The molecule has 0 N–H and O–H groups in total. The average molecular weight is 195 g/mol. The number of rotatable bonds is 2. The maximum absolute atomic E-state index is 11.1. The van der Waals surface area contributed by atoms with Gasteiger partial charge in [0.05, 0.1) is 5.25 Å². The highest BCUT2D eigenvalue weighted by Crippen LogP contribution is 2.20. The quantitative estimate of drug-likeness (QED) is 0.597. The molecule has 3 nitrogen and oxygen atoms in total. The van der Waals surface area contributed by atoms with Gasteiger partial charge < -0.3 is 0 Å². The van der Waals surface area contributed by atoms with E-state index in [-0.39, 0.29) is 5.25 Å². The average Bonchev–Trinajstić information content (AvgIpc) is 2.32. The molecular weight excluding hydrogens is 182 g/mol. The molecule has 1 aliphatic heterocycles. The summed E-state index contributed by atoms with van der Waals surface area (Å²) in [7, 11) is -2.80. The van der Waals surface area contributed by atoms with Gasteiger partial charge in [0.25, 0.3) is 0 Å². The molecule has 1 unspecified atom stereocenters. The van der Waals surface area contributed by atoms with Crippen LogP contribution in [0.5, 0.6) is 0 Å². The first kappa shape index (κ1) is 9.35. The van der Waals surface area contributed by atoms with E-state index >= 15 is 0 Å². The molecule has 0 saturated carbocycles. The topological polar surface area (TPSA) is 37.4 Å². The molecule has 0 spiro atoms. The summed E-state index contributed by atoms with van der Waals surface area (Å²) in [6, 6.07) is 0. The molecule has 1 aliphatic rings. The lowest BCUT2D eigenvalue weighted by Gasteiger charge is -2.10. The van der Waals surface area contributed by atoms with E-state index in [4.69, 9.17) is 0 Å². The fourth-order valence-corrected chi connectivity index (χ4v) is 2.91. The smallest absolute Gasteiger partial charge is 0.151 e. The van der Waals surface area contributed by atoms with Crippen LogP contribution in [-0.2, 0) is 9.84 Å². The van der Waals surface area contributed by atoms with Crippen LogP contribution in [0, 0.1) is 0 Å². The van der Waals surface area contributed by atoms with Gasteiger partial charge >= 0.3 is 0 Å². The molecule has 5 heteroatoms. The van der Waals surface area contributed by atoms with Crippen LogP contribution in [0.15, 0.2) is 0 Å². The monoisotopic (exact) mass is 195 g/mol. The Labute approximate surface area is 72.2 Å². The maximum Gasteiger partial charge on any atom is 0.151 e. The Kier molecular flexibility index (Phi) is 2.83. The lowest BCUT2D eigenvalue weighted by molar-refractivity contribution is 0.571. The summed E-state index contributed by atoms with van der Waals surface area (Å²) >= 11 is 1.62. The maximum atomic E-state index is 11.1. The number of nitrogens with zero attached hydrogens (tertiary/aromatic N) is 1. The van der Waals surface area contributed by atoms with Crippen molar-refractivity contribution in [2.24, 2.45) is 0 Å². The van der Waals surface area contributed by atoms with Crippen molar-refractivity contribution in [2.75, 3.05) is 25.6 Å². The van der Waals surface area contributed by atoms with Crippen LogP contribution in [0.4, 0.5) is 0 Å². The van der Waals surface area contributed by atoms with E-state index in [1.54, 1.807) is 11.9 Å². The zero-order valence-electron chi connectivity index (χ0n) is 6.78. The third-order valence-corrected chi connectivity index (χ3v) is 4.42. The molecule has 1 rings (SSSR count). The predicted octanol–water partition coefficient (Wildman–Crippen LogP) is 0.383. The van der Waals surface area contributed by atoms with E-state index in [2.05, 4.69) is 4.31 Å². The Balaban J connectivity index is 2.55. The zero-order valence-corrected chi connectivity index (χ0v) is 8.41. The van der Waals surface area contributed by atoms with Gasteiger partial charge in [0, 0.05) is 19.3 Å². The van der Waals surface area contributed by atoms with Gasteiger partial charge in [-0.05, 0) is 12.7 Å². The van der Waals surface area contributed by atoms with E-state index in [1.165, 1.54) is 6.26 Å². The van der Waals surface area contributed by atoms with Crippen LogP contribution in [0.25, 0.3) is 0 Å². The third kappa shape index (κ3) is 2.35. The fourth-order valence-electron chi connectivity index (χ4n) is 1.21. The Hall–Kier alpha value is 0.260. The minimum atomic E-state index is -2.80. The first-order valence-corrected chi connectivity index (χ1v) is 6.65. The fraction of sp³-hybridized carbons (Fsp3) is 1.00. The van der Waals surface area contributed by atoms with Crippen molar-refractivity contribution >= 4 is 21.8 Å². The lowest BCUT2D eigenvalue weighted by Crippen LogP contribution is -2.22. The molecule has 0 aromatic heterocycles. The van der Waals surface area contributed by atoms with Crippen molar-refractivity contribution in [3.63, 3.8) is 0 Å². The second-order valence-corrected chi connectivity index (χ2v) is 6.02. The van der Waals surface area contributed by atoms with Gasteiger partial charge in [0.15, 0.2) is 9.84 Å². The Morgan fingerprint density at radius 1 is 1.55 bits per heavy atom. The molecule has 1 heterocycles. The van der Waals surface area contributed by atoms with Crippen molar-refractivity contribution in [1.29, 1.82) is 0 Å². The van der Waals surface area contributed by atoms with Gasteiger partial charge in [-0.2, -0.15) is 0 Å². The summed E-state index contributed by atoms with van der Waals surface area (Å²) in [5.74, 6) is 0. The second-order valence-electron chi connectivity index (χ2n) is 2.81. The van der Waals surface area contributed by atoms with Crippen molar-refractivity contribution in [1.82, 2.24) is 4.31 Å². The molecule has 1 saturated heterocycles. The lowest BCUT2D eigenvalue weighted by atomic mass is 10.4. The normalized spacial score (nSPS) is 27.6. The summed E-state index contributed by atoms with van der Waals surface area (Å²) in [5.41, 5.74) is 0. The molecule has 0 radical (unpaired) electrons. The van der Waals surface area contributed by atoms with E-state index in [0.29, 0.717) is 6.54 Å². The summed E-state index contributed by atoms with van der Waals surface area (Å²) in [5, 5.41) is -0.130. The molecule has 66 valence electrons. The van der Waals surface area contributed by atoms with Gasteiger partial charge in [-0.25, -0.2) is 12.7 Å². The predicted molar refractivity (Wildman–Crippen MR) is 48.3 cm³/mol. The van der Waals surface area contributed by atoms with Gasteiger partial charge in [0.1, 0.15) is 0 Å². The van der Waals surface area contributed by atoms with Gasteiger partial charge in [0.2, 0.25) is 0 Å². The van der Waals surface area contributed by atoms with Gasteiger partial charge in [-0.15, -0.1) is 0 Å². The molecule has 11 heavy (non-hydrogen) atoms. The molecule has 1 fully saturated rings. The van der Waals surface area contributed by atoms with Crippen molar-refractivity contribution in [3.8, 4) is 0 Å². The van der Waals surface area contributed by atoms with Gasteiger partial charge in [-0.3, -0.25) is 0 Å². The molecule has 0 bridgehead atoms. The van der Waals surface area contributed by atoms with Crippen LogP contribution < -0.4 is 0 Å². The molecule has 0 aromatic carbocycles. The Morgan fingerprint density at radius 3 is 2.45 bits per heavy atom. The van der Waals surface area contributed by atoms with E-state index in [0.717, 1.165) is 13.0 Å². The molecule has 1 atom stereocenters. The van der Waals surface area contributed by atoms with Crippen LogP contribution in [0.2, 0.25) is 0 Å². The molecule has 0 aromatic rings. The standard InChI is InChI=1S/C6H13NO2S2/c1-10-7-4-3-6(5-7)11(2,8)9/h6H,3-5H2,1-2H3. The summed E-state index contributed by atoms with van der Waals surface area (Å²) < 4.78 is 24.2.